The van der Waals surface area contributed by atoms with Gasteiger partial charge in [-0.15, -0.1) is 0 Å². The quantitative estimate of drug-likeness (QED) is 0.679. The van der Waals surface area contributed by atoms with Gasteiger partial charge in [0.25, 0.3) is 0 Å². The molecule has 0 aromatic carbocycles. The first kappa shape index (κ1) is 17.1. The predicted octanol–water partition coefficient (Wildman–Crippen LogP) is 2.80. The second-order valence-electron chi connectivity index (χ2n) is 5.36. The number of carbonyl (C=O) groups excluding carboxylic acids is 1. The average molecular weight is 355 g/mol. The fourth-order valence-electron chi connectivity index (χ4n) is 2.22. The number of aromatic nitrogens is 4. The third kappa shape index (κ3) is 4.42. The number of hydrogen-bond donors (Lipinski definition) is 1. The molecule has 1 amide bonds. The molecule has 3 rings (SSSR count). The van der Waals surface area contributed by atoms with E-state index in [1.165, 1.54) is 11.8 Å². The molecule has 7 nitrogen and oxygen atoms in total. The van der Waals surface area contributed by atoms with Gasteiger partial charge in [-0.1, -0.05) is 23.0 Å². The lowest BCUT2D eigenvalue weighted by Crippen LogP contribution is -2.28. The normalized spacial score (nSPS) is 11.9. The van der Waals surface area contributed by atoms with E-state index in [0.717, 1.165) is 11.1 Å². The van der Waals surface area contributed by atoms with Crippen molar-refractivity contribution in [1.29, 1.82) is 0 Å². The zero-order valence-electron chi connectivity index (χ0n) is 13.8. The molecule has 8 heteroatoms. The molecule has 128 valence electrons. The van der Waals surface area contributed by atoms with E-state index in [4.69, 9.17) is 4.52 Å². The van der Waals surface area contributed by atoms with Crippen molar-refractivity contribution in [3.05, 3.63) is 54.3 Å². The summed E-state index contributed by atoms with van der Waals surface area (Å²) < 4.78 is 5.02. The Balaban J connectivity index is 1.63. The number of rotatable bonds is 6. The molecule has 0 aliphatic carbocycles. The molecular weight excluding hydrogens is 338 g/mol. The molecule has 0 saturated heterocycles. The van der Waals surface area contributed by atoms with Crippen LogP contribution in [-0.2, 0) is 4.79 Å². The monoisotopic (exact) mass is 355 g/mol. The molecule has 0 radical (unpaired) electrons. The Morgan fingerprint density at radius 3 is 2.88 bits per heavy atom. The van der Waals surface area contributed by atoms with E-state index in [0.29, 0.717) is 16.7 Å². The van der Waals surface area contributed by atoms with Gasteiger partial charge in [-0.25, -0.2) is 4.98 Å². The van der Waals surface area contributed by atoms with Gasteiger partial charge in [0, 0.05) is 25.5 Å². The number of thioether (sulfide) groups is 1. The summed E-state index contributed by atoms with van der Waals surface area (Å²) in [5.41, 5.74) is 1.71. The maximum Gasteiger partial charge on any atom is 0.230 e. The number of pyridine rings is 2. The zero-order valence-corrected chi connectivity index (χ0v) is 14.7. The summed E-state index contributed by atoms with van der Waals surface area (Å²) in [6, 6.07) is 7.33. The highest BCUT2D eigenvalue weighted by Gasteiger charge is 2.15. The van der Waals surface area contributed by atoms with E-state index in [1.807, 2.05) is 25.1 Å². The summed E-state index contributed by atoms with van der Waals surface area (Å²) in [4.78, 5) is 24.8. The third-order valence-corrected chi connectivity index (χ3v) is 4.45. The van der Waals surface area contributed by atoms with Crippen LogP contribution < -0.4 is 5.32 Å². The largest absolute Gasteiger partial charge is 0.349 e. The highest BCUT2D eigenvalue weighted by atomic mass is 32.2. The molecule has 0 aliphatic rings. The SMILES string of the molecule is Cc1nc(-c2cccnc2SCC(=O)NC(C)c2cccnc2)no1. The molecule has 1 unspecified atom stereocenters. The first-order valence-electron chi connectivity index (χ1n) is 7.71. The number of amides is 1. The van der Waals surface area contributed by atoms with Crippen molar-refractivity contribution in [2.75, 3.05) is 5.75 Å². The van der Waals surface area contributed by atoms with Crippen LogP contribution in [0.25, 0.3) is 11.4 Å². The van der Waals surface area contributed by atoms with E-state index in [1.54, 1.807) is 31.6 Å². The van der Waals surface area contributed by atoms with Crippen LogP contribution in [-0.4, -0.2) is 31.8 Å². The molecule has 25 heavy (non-hydrogen) atoms. The van der Waals surface area contributed by atoms with Crippen LogP contribution in [0, 0.1) is 6.92 Å². The van der Waals surface area contributed by atoms with E-state index in [2.05, 4.69) is 25.4 Å². The Morgan fingerprint density at radius 1 is 1.32 bits per heavy atom. The van der Waals surface area contributed by atoms with Crippen LogP contribution in [0.3, 0.4) is 0 Å². The topological polar surface area (TPSA) is 93.8 Å². The minimum Gasteiger partial charge on any atom is -0.349 e. The number of nitrogens with zero attached hydrogens (tertiary/aromatic N) is 4. The number of aryl methyl sites for hydroxylation is 1. The zero-order chi connectivity index (χ0) is 17.6. The van der Waals surface area contributed by atoms with Crippen LogP contribution in [0.15, 0.2) is 52.4 Å². The van der Waals surface area contributed by atoms with Crippen molar-refractivity contribution < 1.29 is 9.32 Å². The maximum absolute atomic E-state index is 12.2. The van der Waals surface area contributed by atoms with E-state index >= 15 is 0 Å². The minimum atomic E-state index is -0.107. The minimum absolute atomic E-state index is 0.0813. The molecular formula is C17H17N5O2S. The summed E-state index contributed by atoms with van der Waals surface area (Å²) in [7, 11) is 0. The fourth-order valence-corrected chi connectivity index (χ4v) is 3.02. The van der Waals surface area contributed by atoms with Gasteiger partial charge in [0.05, 0.1) is 17.4 Å². The van der Waals surface area contributed by atoms with Crippen LogP contribution >= 0.6 is 11.8 Å². The lowest BCUT2D eigenvalue weighted by Gasteiger charge is -2.13. The van der Waals surface area contributed by atoms with Gasteiger partial charge in [0.1, 0.15) is 5.03 Å². The second kappa shape index (κ2) is 7.89. The summed E-state index contributed by atoms with van der Waals surface area (Å²) in [5, 5.41) is 7.55. The lowest BCUT2D eigenvalue weighted by molar-refractivity contribution is -0.119. The molecule has 0 saturated carbocycles. The lowest BCUT2D eigenvalue weighted by atomic mass is 10.1. The molecule has 3 aromatic rings. The molecule has 0 fully saturated rings. The summed E-state index contributed by atoms with van der Waals surface area (Å²) in [6.07, 6.45) is 5.12. The van der Waals surface area contributed by atoms with Crippen LogP contribution in [0.2, 0.25) is 0 Å². The van der Waals surface area contributed by atoms with Gasteiger partial charge in [-0.3, -0.25) is 9.78 Å². The van der Waals surface area contributed by atoms with Gasteiger partial charge >= 0.3 is 0 Å². The van der Waals surface area contributed by atoms with Crippen molar-refractivity contribution in [2.24, 2.45) is 0 Å². The second-order valence-corrected chi connectivity index (χ2v) is 6.32. The number of carbonyl (C=O) groups is 1. The number of nitrogens with one attached hydrogen (secondary N) is 1. The smallest absolute Gasteiger partial charge is 0.230 e. The first-order chi connectivity index (χ1) is 12.1. The highest BCUT2D eigenvalue weighted by Crippen LogP contribution is 2.27. The van der Waals surface area contributed by atoms with Gasteiger partial charge in [0.15, 0.2) is 0 Å². The summed E-state index contributed by atoms with van der Waals surface area (Å²) in [5.74, 6) is 1.11. The Morgan fingerprint density at radius 2 is 2.16 bits per heavy atom. The average Bonchev–Trinajstić information content (AvgIpc) is 3.07. The standard InChI is InChI=1S/C17H17N5O2S/c1-11(13-5-3-7-18-9-13)20-15(23)10-25-17-14(6-4-8-19-17)16-21-12(2)24-22-16/h3-9,11H,10H2,1-2H3,(H,20,23). The van der Waals surface area contributed by atoms with E-state index < -0.39 is 0 Å². The maximum atomic E-state index is 12.2. The molecule has 1 N–H and O–H groups in total. The Kier molecular flexibility index (Phi) is 5.39. The van der Waals surface area contributed by atoms with Crippen molar-refractivity contribution in [1.82, 2.24) is 25.4 Å². The van der Waals surface area contributed by atoms with E-state index in [9.17, 15) is 4.79 Å². The van der Waals surface area contributed by atoms with Crippen molar-refractivity contribution in [3.8, 4) is 11.4 Å². The Bertz CT molecular complexity index is 853. The van der Waals surface area contributed by atoms with Gasteiger partial charge in [-0.2, -0.15) is 4.98 Å². The van der Waals surface area contributed by atoms with Crippen LogP contribution in [0.5, 0.6) is 0 Å². The van der Waals surface area contributed by atoms with Crippen molar-refractivity contribution >= 4 is 17.7 Å². The molecule has 1 atom stereocenters. The Hall–Kier alpha value is -2.74. The van der Waals surface area contributed by atoms with Crippen molar-refractivity contribution in [2.45, 2.75) is 24.9 Å². The van der Waals surface area contributed by atoms with Crippen molar-refractivity contribution in [3.63, 3.8) is 0 Å². The molecule has 0 bridgehead atoms. The van der Waals surface area contributed by atoms with E-state index in [-0.39, 0.29) is 17.7 Å². The third-order valence-electron chi connectivity index (χ3n) is 3.44. The fraction of sp³-hybridized carbons (Fsp3) is 0.235. The molecule has 3 aromatic heterocycles. The molecule has 3 heterocycles. The summed E-state index contributed by atoms with van der Waals surface area (Å²) >= 11 is 1.34. The van der Waals surface area contributed by atoms with Crippen LogP contribution in [0.4, 0.5) is 0 Å². The highest BCUT2D eigenvalue weighted by molar-refractivity contribution is 8.00. The molecule has 0 aliphatic heterocycles. The predicted molar refractivity (Wildman–Crippen MR) is 93.8 cm³/mol. The molecule has 0 spiro atoms. The number of hydrogen-bond acceptors (Lipinski definition) is 7. The van der Waals surface area contributed by atoms with Gasteiger partial charge in [0.2, 0.25) is 17.6 Å². The Labute approximate surface area is 149 Å². The van der Waals surface area contributed by atoms with Crippen LogP contribution in [0.1, 0.15) is 24.4 Å². The van der Waals surface area contributed by atoms with Gasteiger partial charge in [-0.05, 0) is 30.7 Å². The van der Waals surface area contributed by atoms with Gasteiger partial charge < -0.3 is 9.84 Å². The first-order valence-corrected chi connectivity index (χ1v) is 8.70. The summed E-state index contributed by atoms with van der Waals surface area (Å²) in [6.45, 7) is 3.65.